The van der Waals surface area contributed by atoms with E-state index in [-0.39, 0.29) is 0 Å². The third-order valence-corrected chi connectivity index (χ3v) is 2.69. The van der Waals surface area contributed by atoms with Crippen molar-refractivity contribution in [3.8, 4) is 0 Å². The number of rotatable bonds is 9. The molecule has 0 spiro atoms. The van der Waals surface area contributed by atoms with E-state index in [4.69, 9.17) is 4.74 Å². The number of hydrogen-bond acceptors (Lipinski definition) is 4. The van der Waals surface area contributed by atoms with Crippen molar-refractivity contribution in [2.24, 2.45) is 7.05 Å². The first kappa shape index (κ1) is 14.1. The average molecular weight is 240 g/mol. The van der Waals surface area contributed by atoms with Gasteiger partial charge in [-0.3, -0.25) is 4.68 Å². The molecule has 1 aromatic rings. The molecule has 1 heterocycles. The van der Waals surface area contributed by atoms with E-state index in [1.54, 1.807) is 6.33 Å². The first-order valence-corrected chi connectivity index (χ1v) is 6.41. The molecule has 98 valence electrons. The van der Waals surface area contributed by atoms with Crippen LogP contribution < -0.4 is 5.32 Å². The minimum absolute atomic E-state index is 0.416. The molecular formula is C12H24N4O. The highest BCUT2D eigenvalue weighted by molar-refractivity contribution is 4.88. The molecule has 0 saturated carbocycles. The predicted molar refractivity (Wildman–Crippen MR) is 67.9 cm³/mol. The Morgan fingerprint density at radius 2 is 2.24 bits per heavy atom. The molecule has 1 atom stereocenters. The van der Waals surface area contributed by atoms with Crippen LogP contribution in [0.1, 0.15) is 32.5 Å². The SMILES string of the molecule is CCCOCCC(Cc1ncnn1C)NCC. The van der Waals surface area contributed by atoms with Crippen LogP contribution in [0.2, 0.25) is 0 Å². The normalized spacial score (nSPS) is 12.9. The molecule has 5 nitrogen and oxygen atoms in total. The second kappa shape index (κ2) is 8.20. The summed E-state index contributed by atoms with van der Waals surface area (Å²) in [6, 6.07) is 0.416. The summed E-state index contributed by atoms with van der Waals surface area (Å²) in [6.07, 6.45) is 4.60. The van der Waals surface area contributed by atoms with Crippen LogP contribution in [0.5, 0.6) is 0 Å². The lowest BCUT2D eigenvalue weighted by atomic mass is 10.1. The van der Waals surface area contributed by atoms with Crippen molar-refractivity contribution in [3.63, 3.8) is 0 Å². The van der Waals surface area contributed by atoms with Gasteiger partial charge >= 0.3 is 0 Å². The second-order valence-corrected chi connectivity index (χ2v) is 4.16. The van der Waals surface area contributed by atoms with E-state index < -0.39 is 0 Å². The monoisotopic (exact) mass is 240 g/mol. The number of likely N-dealkylation sites (N-methyl/N-ethyl adjacent to an activating group) is 1. The van der Waals surface area contributed by atoms with Crippen molar-refractivity contribution < 1.29 is 4.74 Å². The summed E-state index contributed by atoms with van der Waals surface area (Å²) in [6.45, 7) is 6.88. The number of aryl methyl sites for hydroxylation is 1. The van der Waals surface area contributed by atoms with Crippen LogP contribution >= 0.6 is 0 Å². The molecule has 0 radical (unpaired) electrons. The standard InChI is InChI=1S/C12H24N4O/c1-4-7-17-8-6-11(13-5-2)9-12-14-10-15-16(12)3/h10-11,13H,4-9H2,1-3H3. The zero-order valence-corrected chi connectivity index (χ0v) is 11.1. The van der Waals surface area contributed by atoms with Crippen molar-refractivity contribution in [1.29, 1.82) is 0 Å². The Morgan fingerprint density at radius 1 is 1.41 bits per heavy atom. The topological polar surface area (TPSA) is 52.0 Å². The van der Waals surface area contributed by atoms with Gasteiger partial charge < -0.3 is 10.1 Å². The van der Waals surface area contributed by atoms with Crippen LogP contribution in [0.4, 0.5) is 0 Å². The fraction of sp³-hybridized carbons (Fsp3) is 0.833. The van der Waals surface area contributed by atoms with Gasteiger partial charge in [0.2, 0.25) is 0 Å². The zero-order valence-electron chi connectivity index (χ0n) is 11.1. The van der Waals surface area contributed by atoms with E-state index in [1.807, 2.05) is 11.7 Å². The molecule has 1 rings (SSSR count). The Labute approximate surface area is 104 Å². The molecule has 0 amide bonds. The molecule has 0 saturated heterocycles. The van der Waals surface area contributed by atoms with Gasteiger partial charge in [-0.15, -0.1) is 0 Å². The zero-order chi connectivity index (χ0) is 12.5. The molecule has 1 N–H and O–H groups in total. The fourth-order valence-corrected chi connectivity index (χ4v) is 1.76. The molecule has 0 fully saturated rings. The molecule has 17 heavy (non-hydrogen) atoms. The molecule has 0 aliphatic heterocycles. The number of nitrogens with one attached hydrogen (secondary N) is 1. The van der Waals surface area contributed by atoms with Gasteiger partial charge in [0.15, 0.2) is 0 Å². The molecule has 0 aromatic carbocycles. The molecule has 1 unspecified atom stereocenters. The van der Waals surface area contributed by atoms with Gasteiger partial charge in [-0.05, 0) is 19.4 Å². The summed E-state index contributed by atoms with van der Waals surface area (Å²) >= 11 is 0. The molecule has 0 aliphatic carbocycles. The highest BCUT2D eigenvalue weighted by Gasteiger charge is 2.11. The first-order valence-electron chi connectivity index (χ1n) is 6.41. The molecule has 0 aliphatic rings. The minimum atomic E-state index is 0.416. The maximum Gasteiger partial charge on any atom is 0.138 e. The van der Waals surface area contributed by atoms with E-state index in [0.29, 0.717) is 6.04 Å². The lowest BCUT2D eigenvalue weighted by molar-refractivity contribution is 0.124. The van der Waals surface area contributed by atoms with E-state index in [2.05, 4.69) is 29.2 Å². The summed E-state index contributed by atoms with van der Waals surface area (Å²) < 4.78 is 7.36. The quantitative estimate of drug-likeness (QED) is 0.658. The second-order valence-electron chi connectivity index (χ2n) is 4.16. The lowest BCUT2D eigenvalue weighted by Gasteiger charge is -2.17. The van der Waals surface area contributed by atoms with Gasteiger partial charge in [0.1, 0.15) is 12.2 Å². The summed E-state index contributed by atoms with van der Waals surface area (Å²) in [4.78, 5) is 4.25. The third kappa shape index (κ3) is 5.28. The van der Waals surface area contributed by atoms with Gasteiger partial charge in [-0.25, -0.2) is 4.98 Å². The molecular weight excluding hydrogens is 216 g/mol. The third-order valence-electron chi connectivity index (χ3n) is 2.69. The maximum atomic E-state index is 5.53. The highest BCUT2D eigenvalue weighted by atomic mass is 16.5. The van der Waals surface area contributed by atoms with Crippen molar-refractivity contribution >= 4 is 0 Å². The summed E-state index contributed by atoms with van der Waals surface area (Å²) in [5.74, 6) is 1.02. The number of aromatic nitrogens is 3. The van der Waals surface area contributed by atoms with E-state index >= 15 is 0 Å². The van der Waals surface area contributed by atoms with Gasteiger partial charge in [0.25, 0.3) is 0 Å². The van der Waals surface area contributed by atoms with Crippen LogP contribution in [0.25, 0.3) is 0 Å². The van der Waals surface area contributed by atoms with Crippen molar-refractivity contribution in [2.75, 3.05) is 19.8 Å². The van der Waals surface area contributed by atoms with Crippen LogP contribution in [0.3, 0.4) is 0 Å². The Balaban J connectivity index is 2.35. The number of nitrogens with zero attached hydrogens (tertiary/aromatic N) is 3. The first-order chi connectivity index (χ1) is 8.27. The van der Waals surface area contributed by atoms with E-state index in [0.717, 1.165) is 44.8 Å². The lowest BCUT2D eigenvalue weighted by Crippen LogP contribution is -2.33. The van der Waals surface area contributed by atoms with E-state index in [1.165, 1.54) is 0 Å². The van der Waals surface area contributed by atoms with Crippen LogP contribution in [-0.4, -0.2) is 40.6 Å². The summed E-state index contributed by atoms with van der Waals surface area (Å²) in [7, 11) is 1.93. The van der Waals surface area contributed by atoms with Crippen LogP contribution in [-0.2, 0) is 18.2 Å². The summed E-state index contributed by atoms with van der Waals surface area (Å²) in [5.41, 5.74) is 0. The van der Waals surface area contributed by atoms with Gasteiger partial charge in [0.05, 0.1) is 0 Å². The number of ether oxygens (including phenoxy) is 1. The molecule has 1 aromatic heterocycles. The fourth-order valence-electron chi connectivity index (χ4n) is 1.76. The highest BCUT2D eigenvalue weighted by Crippen LogP contribution is 2.02. The Morgan fingerprint density at radius 3 is 2.82 bits per heavy atom. The Hall–Kier alpha value is -0.940. The predicted octanol–water partition coefficient (Wildman–Crippen LogP) is 1.15. The van der Waals surface area contributed by atoms with Crippen LogP contribution in [0, 0.1) is 0 Å². The minimum Gasteiger partial charge on any atom is -0.381 e. The van der Waals surface area contributed by atoms with Gasteiger partial charge in [0, 0.05) is 32.7 Å². The average Bonchev–Trinajstić information content (AvgIpc) is 2.71. The molecule has 5 heteroatoms. The van der Waals surface area contributed by atoms with Crippen molar-refractivity contribution in [1.82, 2.24) is 20.1 Å². The maximum absolute atomic E-state index is 5.53. The van der Waals surface area contributed by atoms with Crippen molar-refractivity contribution in [3.05, 3.63) is 12.2 Å². The van der Waals surface area contributed by atoms with E-state index in [9.17, 15) is 0 Å². The molecule has 0 bridgehead atoms. The number of hydrogen-bond donors (Lipinski definition) is 1. The van der Waals surface area contributed by atoms with Crippen LogP contribution in [0.15, 0.2) is 6.33 Å². The largest absolute Gasteiger partial charge is 0.381 e. The smallest absolute Gasteiger partial charge is 0.138 e. The van der Waals surface area contributed by atoms with Gasteiger partial charge in [-0.1, -0.05) is 13.8 Å². The van der Waals surface area contributed by atoms with Crippen molar-refractivity contribution in [2.45, 2.75) is 39.2 Å². The Bertz CT molecular complexity index is 300. The van der Waals surface area contributed by atoms with Gasteiger partial charge in [-0.2, -0.15) is 5.10 Å². The summed E-state index contributed by atoms with van der Waals surface area (Å²) in [5, 5.41) is 7.55. The Kier molecular flexibility index (Phi) is 6.81.